The van der Waals surface area contributed by atoms with Gasteiger partial charge in [0.15, 0.2) is 0 Å². The molecule has 22 heavy (non-hydrogen) atoms. The lowest BCUT2D eigenvalue weighted by Crippen LogP contribution is -2.09. The Morgan fingerprint density at radius 2 is 1.59 bits per heavy atom. The molecule has 1 aromatic heterocycles. The second-order valence-electron chi connectivity index (χ2n) is 4.91. The SMILES string of the molecule is CC(Nc1nccc(Sc2ccccc2)n1)c1ccccc1. The molecule has 0 fully saturated rings. The van der Waals surface area contributed by atoms with Gasteiger partial charge in [0.25, 0.3) is 0 Å². The van der Waals surface area contributed by atoms with Gasteiger partial charge in [-0.15, -0.1) is 0 Å². The predicted molar refractivity (Wildman–Crippen MR) is 91.1 cm³/mol. The Morgan fingerprint density at radius 1 is 0.909 bits per heavy atom. The average Bonchev–Trinajstić information content (AvgIpc) is 2.57. The second-order valence-corrected chi connectivity index (χ2v) is 6.00. The largest absolute Gasteiger partial charge is 0.348 e. The molecule has 0 aliphatic rings. The van der Waals surface area contributed by atoms with Crippen LogP contribution in [0.3, 0.4) is 0 Å². The summed E-state index contributed by atoms with van der Waals surface area (Å²) in [5.74, 6) is 0.650. The zero-order chi connectivity index (χ0) is 15.2. The number of hydrogen-bond donors (Lipinski definition) is 1. The van der Waals surface area contributed by atoms with Crippen LogP contribution in [0.2, 0.25) is 0 Å². The molecule has 0 aliphatic heterocycles. The molecular formula is C18H17N3S. The molecule has 0 radical (unpaired) electrons. The first-order valence-electron chi connectivity index (χ1n) is 7.19. The first-order chi connectivity index (χ1) is 10.8. The van der Waals surface area contributed by atoms with Gasteiger partial charge >= 0.3 is 0 Å². The molecule has 110 valence electrons. The van der Waals surface area contributed by atoms with E-state index in [1.807, 2.05) is 42.5 Å². The van der Waals surface area contributed by atoms with Gasteiger partial charge in [0.05, 0.1) is 6.04 Å². The molecular weight excluding hydrogens is 290 g/mol. The van der Waals surface area contributed by atoms with Crippen LogP contribution in [0.1, 0.15) is 18.5 Å². The van der Waals surface area contributed by atoms with E-state index in [1.54, 1.807) is 18.0 Å². The Hall–Kier alpha value is -2.33. The van der Waals surface area contributed by atoms with Crippen molar-refractivity contribution in [2.24, 2.45) is 0 Å². The lowest BCUT2D eigenvalue weighted by Gasteiger charge is -2.14. The second kappa shape index (κ2) is 7.09. The van der Waals surface area contributed by atoms with Crippen LogP contribution in [0.5, 0.6) is 0 Å². The molecule has 1 N–H and O–H groups in total. The fourth-order valence-corrected chi connectivity index (χ4v) is 2.89. The van der Waals surface area contributed by atoms with Crippen LogP contribution in [0.4, 0.5) is 5.95 Å². The highest BCUT2D eigenvalue weighted by Crippen LogP contribution is 2.26. The van der Waals surface area contributed by atoms with Gasteiger partial charge in [0.2, 0.25) is 5.95 Å². The van der Waals surface area contributed by atoms with Crippen LogP contribution in [0.15, 0.2) is 82.8 Å². The van der Waals surface area contributed by atoms with Crippen molar-refractivity contribution in [3.05, 3.63) is 78.5 Å². The number of rotatable bonds is 5. The van der Waals surface area contributed by atoms with Crippen LogP contribution in [-0.2, 0) is 0 Å². The fourth-order valence-electron chi connectivity index (χ4n) is 2.10. The minimum atomic E-state index is 0.165. The third-order valence-electron chi connectivity index (χ3n) is 3.24. The molecule has 0 spiro atoms. The van der Waals surface area contributed by atoms with E-state index in [0.29, 0.717) is 5.95 Å². The molecule has 1 unspecified atom stereocenters. The van der Waals surface area contributed by atoms with Crippen LogP contribution in [0.25, 0.3) is 0 Å². The first-order valence-corrected chi connectivity index (χ1v) is 8.00. The third-order valence-corrected chi connectivity index (χ3v) is 4.19. The summed E-state index contributed by atoms with van der Waals surface area (Å²) in [5, 5.41) is 4.28. The molecule has 1 atom stereocenters. The van der Waals surface area contributed by atoms with Crippen molar-refractivity contribution in [2.45, 2.75) is 22.9 Å². The molecule has 0 bridgehead atoms. The van der Waals surface area contributed by atoms with E-state index < -0.39 is 0 Å². The molecule has 4 heteroatoms. The average molecular weight is 307 g/mol. The van der Waals surface area contributed by atoms with Crippen molar-refractivity contribution in [3.63, 3.8) is 0 Å². The van der Waals surface area contributed by atoms with Gasteiger partial charge in [-0.2, -0.15) is 0 Å². The minimum Gasteiger partial charge on any atom is -0.348 e. The Labute approximate surface area is 134 Å². The Morgan fingerprint density at radius 3 is 2.32 bits per heavy atom. The maximum Gasteiger partial charge on any atom is 0.224 e. The zero-order valence-electron chi connectivity index (χ0n) is 12.3. The summed E-state index contributed by atoms with van der Waals surface area (Å²) in [6, 6.07) is 22.6. The summed E-state index contributed by atoms with van der Waals surface area (Å²) < 4.78 is 0. The van der Waals surface area contributed by atoms with Gasteiger partial charge in [-0.1, -0.05) is 60.3 Å². The van der Waals surface area contributed by atoms with Gasteiger partial charge in [-0.3, -0.25) is 0 Å². The molecule has 0 saturated heterocycles. The topological polar surface area (TPSA) is 37.8 Å². The maximum atomic E-state index is 4.57. The molecule has 0 saturated carbocycles. The Bertz CT molecular complexity index is 717. The summed E-state index contributed by atoms with van der Waals surface area (Å²) >= 11 is 1.63. The lowest BCUT2D eigenvalue weighted by atomic mass is 10.1. The third kappa shape index (κ3) is 3.86. The van der Waals surface area contributed by atoms with E-state index in [4.69, 9.17) is 0 Å². The maximum absolute atomic E-state index is 4.57. The fraction of sp³-hybridized carbons (Fsp3) is 0.111. The predicted octanol–water partition coefficient (Wildman–Crippen LogP) is 4.80. The molecule has 2 aromatic carbocycles. The van der Waals surface area contributed by atoms with E-state index in [2.05, 4.69) is 46.5 Å². The Balaban J connectivity index is 1.71. The summed E-state index contributed by atoms with van der Waals surface area (Å²) in [5.41, 5.74) is 1.22. The number of hydrogen-bond acceptors (Lipinski definition) is 4. The summed E-state index contributed by atoms with van der Waals surface area (Å²) in [7, 11) is 0. The van der Waals surface area contributed by atoms with E-state index in [-0.39, 0.29) is 6.04 Å². The summed E-state index contributed by atoms with van der Waals surface area (Å²) in [4.78, 5) is 10.1. The highest BCUT2D eigenvalue weighted by atomic mass is 32.2. The molecule has 0 aliphatic carbocycles. The summed E-state index contributed by atoms with van der Waals surface area (Å²) in [6.45, 7) is 2.11. The van der Waals surface area contributed by atoms with Gasteiger partial charge in [0, 0.05) is 11.1 Å². The lowest BCUT2D eigenvalue weighted by molar-refractivity contribution is 0.851. The number of benzene rings is 2. The number of anilines is 1. The van der Waals surface area contributed by atoms with E-state index in [1.165, 1.54) is 10.5 Å². The van der Waals surface area contributed by atoms with Gasteiger partial charge < -0.3 is 5.32 Å². The monoisotopic (exact) mass is 307 g/mol. The van der Waals surface area contributed by atoms with Crippen LogP contribution >= 0.6 is 11.8 Å². The number of nitrogens with zero attached hydrogens (tertiary/aromatic N) is 2. The van der Waals surface area contributed by atoms with Crippen molar-refractivity contribution in [3.8, 4) is 0 Å². The quantitative estimate of drug-likeness (QED) is 0.687. The molecule has 3 aromatic rings. The standard InChI is InChI=1S/C18H17N3S/c1-14(15-8-4-2-5-9-15)20-18-19-13-12-17(21-18)22-16-10-6-3-7-11-16/h2-14H,1H3,(H,19,20,21). The van der Waals surface area contributed by atoms with Crippen molar-refractivity contribution in [2.75, 3.05) is 5.32 Å². The smallest absolute Gasteiger partial charge is 0.224 e. The number of nitrogens with one attached hydrogen (secondary N) is 1. The van der Waals surface area contributed by atoms with Crippen LogP contribution < -0.4 is 5.32 Å². The van der Waals surface area contributed by atoms with Crippen molar-refractivity contribution in [1.29, 1.82) is 0 Å². The van der Waals surface area contributed by atoms with Crippen LogP contribution in [0, 0.1) is 0 Å². The molecule has 0 amide bonds. The Kier molecular flexibility index (Phi) is 4.71. The van der Waals surface area contributed by atoms with E-state index in [9.17, 15) is 0 Å². The van der Waals surface area contributed by atoms with Gasteiger partial charge in [-0.25, -0.2) is 9.97 Å². The van der Waals surface area contributed by atoms with Gasteiger partial charge in [-0.05, 0) is 30.7 Å². The van der Waals surface area contributed by atoms with E-state index >= 15 is 0 Å². The van der Waals surface area contributed by atoms with Gasteiger partial charge in [0.1, 0.15) is 5.03 Å². The van der Waals surface area contributed by atoms with Crippen molar-refractivity contribution < 1.29 is 0 Å². The van der Waals surface area contributed by atoms with Crippen LogP contribution in [-0.4, -0.2) is 9.97 Å². The molecule has 3 rings (SSSR count). The minimum absolute atomic E-state index is 0.165. The van der Waals surface area contributed by atoms with Crippen molar-refractivity contribution in [1.82, 2.24) is 9.97 Å². The first kappa shape index (κ1) is 14.6. The molecule has 3 nitrogen and oxygen atoms in total. The van der Waals surface area contributed by atoms with Crippen molar-refractivity contribution >= 4 is 17.7 Å². The highest BCUT2D eigenvalue weighted by molar-refractivity contribution is 7.99. The summed E-state index contributed by atoms with van der Waals surface area (Å²) in [6.07, 6.45) is 1.79. The normalized spacial score (nSPS) is 11.9. The highest BCUT2D eigenvalue weighted by Gasteiger charge is 2.07. The number of aromatic nitrogens is 2. The van der Waals surface area contributed by atoms with E-state index in [0.717, 1.165) is 5.03 Å². The zero-order valence-corrected chi connectivity index (χ0v) is 13.1. The molecule has 1 heterocycles.